The summed E-state index contributed by atoms with van der Waals surface area (Å²) in [6.45, 7) is 7.63. The minimum absolute atomic E-state index is 0.00286. The van der Waals surface area contributed by atoms with E-state index in [1.54, 1.807) is 42.5 Å². The average Bonchev–Trinajstić information content (AvgIpc) is 2.98. The van der Waals surface area contributed by atoms with E-state index in [1.807, 2.05) is 32.6 Å². The molecule has 7 heteroatoms. The Morgan fingerprint density at radius 3 is 2.14 bits per heavy atom. The van der Waals surface area contributed by atoms with Gasteiger partial charge in [0, 0.05) is 12.0 Å². The van der Waals surface area contributed by atoms with Crippen LogP contribution in [-0.4, -0.2) is 38.2 Å². The van der Waals surface area contributed by atoms with Gasteiger partial charge in [-0.3, -0.25) is 4.79 Å². The summed E-state index contributed by atoms with van der Waals surface area (Å²) >= 11 is 0. The van der Waals surface area contributed by atoms with E-state index in [2.05, 4.69) is 0 Å². The lowest BCUT2D eigenvalue weighted by Gasteiger charge is -2.26. The number of sulfonamides is 1. The minimum atomic E-state index is -4.09. The van der Waals surface area contributed by atoms with Crippen LogP contribution in [0.2, 0.25) is 19.6 Å². The van der Waals surface area contributed by atoms with Gasteiger partial charge in [-0.25, -0.2) is 12.7 Å². The van der Waals surface area contributed by atoms with Crippen molar-refractivity contribution in [3.05, 3.63) is 71.8 Å². The van der Waals surface area contributed by atoms with Gasteiger partial charge in [-0.15, -0.1) is 0 Å². The van der Waals surface area contributed by atoms with Gasteiger partial charge in [0.1, 0.15) is 13.5 Å². The third kappa shape index (κ3) is 4.25. The molecular formula is C22H25NO4SSi. The molecule has 0 fully saturated rings. The van der Waals surface area contributed by atoms with E-state index < -0.39 is 30.0 Å². The highest BCUT2D eigenvalue weighted by molar-refractivity contribution is 7.89. The van der Waals surface area contributed by atoms with E-state index in [-0.39, 0.29) is 16.7 Å². The van der Waals surface area contributed by atoms with E-state index in [0.29, 0.717) is 11.1 Å². The van der Waals surface area contributed by atoms with Crippen LogP contribution in [0, 0.1) is 6.92 Å². The maximum Gasteiger partial charge on any atom is 0.268 e. The molecule has 0 saturated carbocycles. The fourth-order valence-electron chi connectivity index (χ4n) is 3.19. The SMILES string of the molecule is Cc1ccc(S(=O)(=O)N2C(=O)C(c3ccccc3)=CC2CC(=O)[Si](C)(C)C)cc1. The summed E-state index contributed by atoms with van der Waals surface area (Å²) in [6.07, 6.45) is 1.63. The first-order chi connectivity index (χ1) is 13.5. The average molecular weight is 428 g/mol. The van der Waals surface area contributed by atoms with Crippen molar-refractivity contribution >= 4 is 35.0 Å². The molecule has 1 aliphatic heterocycles. The number of carbonyl (C=O) groups excluding carboxylic acids is 2. The van der Waals surface area contributed by atoms with Gasteiger partial charge in [-0.1, -0.05) is 67.7 Å². The van der Waals surface area contributed by atoms with Crippen molar-refractivity contribution in [2.45, 2.75) is 43.9 Å². The lowest BCUT2D eigenvalue weighted by molar-refractivity contribution is -0.121. The summed E-state index contributed by atoms with van der Waals surface area (Å²) in [7, 11) is -6.22. The Morgan fingerprint density at radius 2 is 1.59 bits per heavy atom. The first-order valence-electron chi connectivity index (χ1n) is 9.48. The van der Waals surface area contributed by atoms with Crippen LogP contribution in [0.4, 0.5) is 0 Å². The lowest BCUT2D eigenvalue weighted by atomic mass is 10.1. The Bertz CT molecular complexity index is 1070. The molecule has 152 valence electrons. The Morgan fingerprint density at radius 1 is 1.00 bits per heavy atom. The molecular weight excluding hydrogens is 402 g/mol. The summed E-state index contributed by atoms with van der Waals surface area (Å²) in [4.78, 5) is 26.0. The molecule has 1 atom stereocenters. The van der Waals surface area contributed by atoms with E-state index >= 15 is 0 Å². The highest BCUT2D eigenvalue weighted by Gasteiger charge is 2.43. The second-order valence-electron chi connectivity index (χ2n) is 8.31. The van der Waals surface area contributed by atoms with Crippen LogP contribution in [0.25, 0.3) is 5.57 Å². The van der Waals surface area contributed by atoms with Crippen LogP contribution >= 0.6 is 0 Å². The number of amides is 1. The van der Waals surface area contributed by atoms with Gasteiger partial charge in [-0.05, 0) is 30.7 Å². The zero-order chi connectivity index (χ0) is 21.4. The highest BCUT2D eigenvalue weighted by Crippen LogP contribution is 2.33. The summed E-state index contributed by atoms with van der Waals surface area (Å²) < 4.78 is 27.6. The van der Waals surface area contributed by atoms with Crippen LogP contribution in [0.1, 0.15) is 17.5 Å². The van der Waals surface area contributed by atoms with Crippen molar-refractivity contribution in [2.75, 3.05) is 0 Å². The second kappa shape index (κ2) is 7.72. The van der Waals surface area contributed by atoms with E-state index in [9.17, 15) is 18.0 Å². The maximum absolute atomic E-state index is 13.3. The number of nitrogens with zero attached hydrogens (tertiary/aromatic N) is 1. The molecule has 29 heavy (non-hydrogen) atoms. The molecule has 0 spiro atoms. The normalized spacial score (nSPS) is 17.4. The predicted molar refractivity (Wildman–Crippen MR) is 116 cm³/mol. The molecule has 0 aromatic heterocycles. The van der Waals surface area contributed by atoms with Crippen LogP contribution in [-0.2, 0) is 19.6 Å². The highest BCUT2D eigenvalue weighted by atomic mass is 32.2. The van der Waals surface area contributed by atoms with Crippen LogP contribution in [0.5, 0.6) is 0 Å². The molecule has 0 radical (unpaired) electrons. The van der Waals surface area contributed by atoms with Crippen molar-refractivity contribution in [1.82, 2.24) is 4.31 Å². The molecule has 2 aromatic carbocycles. The molecule has 0 bridgehead atoms. The van der Waals surface area contributed by atoms with Gasteiger partial charge < -0.3 is 4.79 Å². The number of aryl methyl sites for hydroxylation is 1. The van der Waals surface area contributed by atoms with Gasteiger partial charge in [-0.2, -0.15) is 0 Å². The topological polar surface area (TPSA) is 71.5 Å². The van der Waals surface area contributed by atoms with E-state index in [1.165, 1.54) is 12.1 Å². The molecule has 5 nitrogen and oxygen atoms in total. The Labute approximate surface area is 173 Å². The predicted octanol–water partition coefficient (Wildman–Crippen LogP) is 3.81. The molecule has 3 rings (SSSR count). The zero-order valence-corrected chi connectivity index (χ0v) is 18.9. The number of benzene rings is 2. The van der Waals surface area contributed by atoms with Gasteiger partial charge >= 0.3 is 0 Å². The Kier molecular flexibility index (Phi) is 5.65. The molecule has 1 heterocycles. The van der Waals surface area contributed by atoms with Crippen molar-refractivity contribution in [1.29, 1.82) is 0 Å². The van der Waals surface area contributed by atoms with Gasteiger partial charge in [0.2, 0.25) is 0 Å². The maximum atomic E-state index is 13.3. The largest absolute Gasteiger partial charge is 0.305 e. The minimum Gasteiger partial charge on any atom is -0.305 e. The molecule has 0 aliphatic carbocycles. The van der Waals surface area contributed by atoms with E-state index in [4.69, 9.17) is 0 Å². The monoisotopic (exact) mass is 427 g/mol. The van der Waals surface area contributed by atoms with Gasteiger partial charge in [0.25, 0.3) is 15.9 Å². The van der Waals surface area contributed by atoms with Crippen LogP contribution < -0.4 is 0 Å². The van der Waals surface area contributed by atoms with Crippen molar-refractivity contribution in [2.24, 2.45) is 0 Å². The lowest BCUT2D eigenvalue weighted by Crippen LogP contribution is -2.44. The number of hydrogen-bond donors (Lipinski definition) is 0. The third-order valence-electron chi connectivity index (χ3n) is 4.98. The molecule has 1 amide bonds. The number of hydrogen-bond acceptors (Lipinski definition) is 4. The number of carbonyl (C=O) groups is 2. The number of rotatable bonds is 6. The summed E-state index contributed by atoms with van der Waals surface area (Å²) in [5.74, 6) is -0.592. The third-order valence-corrected chi connectivity index (χ3v) is 8.68. The zero-order valence-electron chi connectivity index (χ0n) is 17.0. The summed E-state index contributed by atoms with van der Waals surface area (Å²) in [5, 5.41) is 0.0324. The van der Waals surface area contributed by atoms with Gasteiger partial charge in [0.15, 0.2) is 0 Å². The van der Waals surface area contributed by atoms with Crippen LogP contribution in [0.15, 0.2) is 65.6 Å². The first kappa shape index (κ1) is 21.2. The van der Waals surface area contributed by atoms with Crippen LogP contribution in [0.3, 0.4) is 0 Å². The molecule has 2 aromatic rings. The standard InChI is InChI=1S/C22H25NO4SSi/c1-16-10-12-19(13-11-16)28(26,27)23-18(15-21(24)29(2,3)4)14-20(22(23)25)17-8-6-5-7-9-17/h5-14,18H,15H2,1-4H3. The molecule has 0 N–H and O–H groups in total. The smallest absolute Gasteiger partial charge is 0.268 e. The summed E-state index contributed by atoms with van der Waals surface area (Å²) in [6, 6.07) is 14.5. The quantitative estimate of drug-likeness (QED) is 0.657. The fraction of sp³-hybridized carbons (Fsp3) is 0.273. The molecule has 1 aliphatic rings. The Hall–Kier alpha value is -2.51. The Balaban J connectivity index is 2.06. The van der Waals surface area contributed by atoms with Gasteiger partial charge in [0.05, 0.1) is 10.9 Å². The first-order valence-corrected chi connectivity index (χ1v) is 14.4. The molecule has 1 unspecified atom stereocenters. The van der Waals surface area contributed by atoms with Crippen molar-refractivity contribution in [3.8, 4) is 0 Å². The summed E-state index contributed by atoms with van der Waals surface area (Å²) in [5.41, 5.74) is 1.88. The second-order valence-corrected chi connectivity index (χ2v) is 15.2. The molecule has 0 saturated heterocycles. The van der Waals surface area contributed by atoms with Crippen molar-refractivity contribution < 1.29 is 18.0 Å². The van der Waals surface area contributed by atoms with E-state index in [0.717, 1.165) is 9.87 Å². The van der Waals surface area contributed by atoms with Crippen molar-refractivity contribution in [3.63, 3.8) is 0 Å². The fourth-order valence-corrected chi connectivity index (χ4v) is 5.52.